The van der Waals surface area contributed by atoms with Gasteiger partial charge in [0.25, 0.3) is 0 Å². The molecule has 106 valence electrons. The van der Waals surface area contributed by atoms with Crippen molar-refractivity contribution in [1.82, 2.24) is 10.2 Å². The summed E-state index contributed by atoms with van der Waals surface area (Å²) in [6, 6.07) is 0.466. The molecule has 18 heavy (non-hydrogen) atoms. The molecule has 1 N–H and O–H groups in total. The number of amides is 1. The van der Waals surface area contributed by atoms with E-state index in [1.165, 1.54) is 0 Å². The topological polar surface area (TPSA) is 41.6 Å². The Morgan fingerprint density at radius 3 is 2.39 bits per heavy atom. The maximum absolute atomic E-state index is 12.4. The van der Waals surface area contributed by atoms with Crippen molar-refractivity contribution in [2.45, 2.75) is 51.9 Å². The third-order valence-corrected chi connectivity index (χ3v) is 3.70. The predicted octanol–water partition coefficient (Wildman–Crippen LogP) is 1.43. The molecule has 2 aliphatic heterocycles. The second-order valence-electron chi connectivity index (χ2n) is 5.58. The summed E-state index contributed by atoms with van der Waals surface area (Å²) in [4.78, 5) is 14.4. The fourth-order valence-electron chi connectivity index (χ4n) is 2.97. The average molecular weight is 277 g/mol. The summed E-state index contributed by atoms with van der Waals surface area (Å²) in [7, 11) is 0. The molecule has 0 aromatic carbocycles. The first-order valence-corrected chi connectivity index (χ1v) is 6.74. The van der Waals surface area contributed by atoms with Crippen LogP contribution in [0.1, 0.15) is 33.6 Å². The summed E-state index contributed by atoms with van der Waals surface area (Å²) in [5, 5.41) is 3.39. The van der Waals surface area contributed by atoms with Crippen molar-refractivity contribution < 1.29 is 9.53 Å². The molecule has 5 heteroatoms. The van der Waals surface area contributed by atoms with Crippen molar-refractivity contribution in [3.63, 3.8) is 0 Å². The van der Waals surface area contributed by atoms with Crippen LogP contribution in [0.25, 0.3) is 0 Å². The fraction of sp³-hybridized carbons (Fsp3) is 0.923. The SMILES string of the molecule is CC1CN(C(=O)[C@H]2CCN[C@@H](C)C2)CC(C)O1.Cl. The van der Waals surface area contributed by atoms with E-state index in [4.69, 9.17) is 4.74 Å². The smallest absolute Gasteiger partial charge is 0.225 e. The van der Waals surface area contributed by atoms with Crippen molar-refractivity contribution in [1.29, 1.82) is 0 Å². The Morgan fingerprint density at radius 1 is 1.22 bits per heavy atom. The van der Waals surface area contributed by atoms with Crippen LogP contribution in [-0.4, -0.2) is 48.7 Å². The van der Waals surface area contributed by atoms with Crippen LogP contribution in [0.3, 0.4) is 0 Å². The molecule has 0 aromatic heterocycles. The van der Waals surface area contributed by atoms with Gasteiger partial charge in [0.05, 0.1) is 12.2 Å². The lowest BCUT2D eigenvalue weighted by Crippen LogP contribution is -2.52. The van der Waals surface area contributed by atoms with Gasteiger partial charge in [-0.2, -0.15) is 0 Å². The zero-order chi connectivity index (χ0) is 12.4. The van der Waals surface area contributed by atoms with E-state index >= 15 is 0 Å². The number of hydrogen-bond donors (Lipinski definition) is 1. The van der Waals surface area contributed by atoms with Crippen molar-refractivity contribution in [3.8, 4) is 0 Å². The molecule has 0 spiro atoms. The molecule has 4 atom stereocenters. The lowest BCUT2D eigenvalue weighted by Gasteiger charge is -2.38. The zero-order valence-electron chi connectivity index (χ0n) is 11.5. The van der Waals surface area contributed by atoms with Crippen LogP contribution in [-0.2, 0) is 9.53 Å². The van der Waals surface area contributed by atoms with Gasteiger partial charge in [-0.1, -0.05) is 0 Å². The highest BCUT2D eigenvalue weighted by atomic mass is 35.5. The van der Waals surface area contributed by atoms with Crippen LogP contribution in [0.15, 0.2) is 0 Å². The number of carbonyl (C=O) groups excluding carboxylic acids is 1. The van der Waals surface area contributed by atoms with Crippen molar-refractivity contribution in [3.05, 3.63) is 0 Å². The van der Waals surface area contributed by atoms with E-state index in [0.717, 1.165) is 32.5 Å². The van der Waals surface area contributed by atoms with E-state index in [9.17, 15) is 4.79 Å². The Hall–Kier alpha value is -0.320. The summed E-state index contributed by atoms with van der Waals surface area (Å²) >= 11 is 0. The maximum Gasteiger partial charge on any atom is 0.225 e. The van der Waals surface area contributed by atoms with Gasteiger partial charge in [-0.05, 0) is 40.2 Å². The normalized spacial score (nSPS) is 36.9. The zero-order valence-corrected chi connectivity index (χ0v) is 12.3. The summed E-state index contributed by atoms with van der Waals surface area (Å²) < 4.78 is 5.67. The standard InChI is InChI=1S/C13H24N2O2.ClH/c1-9-6-12(4-5-14-9)13(16)15-7-10(2)17-11(3)8-15;/h9-12,14H,4-8H2,1-3H3;1H/t9-,10?,11?,12-;/m0./s1. The van der Waals surface area contributed by atoms with Gasteiger partial charge < -0.3 is 15.0 Å². The minimum Gasteiger partial charge on any atom is -0.372 e. The Balaban J connectivity index is 0.00000162. The molecule has 1 amide bonds. The average Bonchev–Trinajstić information content (AvgIpc) is 2.26. The van der Waals surface area contributed by atoms with Crippen LogP contribution in [0.5, 0.6) is 0 Å². The van der Waals surface area contributed by atoms with E-state index < -0.39 is 0 Å². The number of halogens is 1. The third kappa shape index (κ3) is 3.84. The first-order valence-electron chi connectivity index (χ1n) is 6.74. The van der Waals surface area contributed by atoms with Gasteiger partial charge in [0.1, 0.15) is 0 Å². The lowest BCUT2D eigenvalue weighted by atomic mass is 9.91. The number of piperidine rings is 1. The molecule has 2 rings (SSSR count). The van der Waals surface area contributed by atoms with Crippen molar-refractivity contribution in [2.75, 3.05) is 19.6 Å². The largest absolute Gasteiger partial charge is 0.372 e. The number of hydrogen-bond acceptors (Lipinski definition) is 3. The molecule has 2 aliphatic rings. The molecule has 2 fully saturated rings. The molecule has 0 saturated carbocycles. The molecule has 0 aromatic rings. The molecule has 0 bridgehead atoms. The van der Waals surface area contributed by atoms with E-state index in [1.54, 1.807) is 0 Å². The minimum atomic E-state index is 0. The Kier molecular flexibility index (Phi) is 5.89. The summed E-state index contributed by atoms with van der Waals surface area (Å²) in [6.07, 6.45) is 2.28. The van der Waals surface area contributed by atoms with Crippen LogP contribution in [0, 0.1) is 5.92 Å². The Bertz CT molecular complexity index is 278. The van der Waals surface area contributed by atoms with Crippen LogP contribution < -0.4 is 5.32 Å². The molecule has 0 aliphatic carbocycles. The number of morpholine rings is 1. The van der Waals surface area contributed by atoms with Gasteiger partial charge in [-0.15, -0.1) is 12.4 Å². The fourth-order valence-corrected chi connectivity index (χ4v) is 2.97. The number of ether oxygens (including phenoxy) is 1. The first kappa shape index (κ1) is 15.7. The number of nitrogens with zero attached hydrogens (tertiary/aromatic N) is 1. The molecule has 0 radical (unpaired) electrons. The monoisotopic (exact) mass is 276 g/mol. The van der Waals surface area contributed by atoms with Gasteiger partial charge in [-0.3, -0.25) is 4.79 Å². The predicted molar refractivity (Wildman–Crippen MR) is 74.0 cm³/mol. The second kappa shape index (κ2) is 6.73. The molecule has 2 saturated heterocycles. The number of nitrogens with one attached hydrogen (secondary N) is 1. The molecular weight excluding hydrogens is 252 g/mol. The van der Waals surface area contributed by atoms with Gasteiger partial charge in [-0.25, -0.2) is 0 Å². The molecule has 2 unspecified atom stereocenters. The highest BCUT2D eigenvalue weighted by Crippen LogP contribution is 2.21. The first-order chi connectivity index (χ1) is 8.06. The number of carbonyl (C=O) groups is 1. The minimum absolute atomic E-state index is 0. The third-order valence-electron chi connectivity index (χ3n) is 3.70. The summed E-state index contributed by atoms with van der Waals surface area (Å²) in [5.41, 5.74) is 0. The van der Waals surface area contributed by atoms with Gasteiger partial charge in [0.2, 0.25) is 5.91 Å². The Labute approximate surface area is 116 Å². The van der Waals surface area contributed by atoms with E-state index in [-0.39, 0.29) is 30.5 Å². The van der Waals surface area contributed by atoms with Crippen molar-refractivity contribution in [2.24, 2.45) is 5.92 Å². The second-order valence-corrected chi connectivity index (χ2v) is 5.58. The van der Waals surface area contributed by atoms with Crippen LogP contribution in [0.2, 0.25) is 0 Å². The quantitative estimate of drug-likeness (QED) is 0.788. The molecule has 4 nitrogen and oxygen atoms in total. The van der Waals surface area contributed by atoms with E-state index in [1.807, 2.05) is 18.7 Å². The van der Waals surface area contributed by atoms with E-state index in [2.05, 4.69) is 12.2 Å². The molecular formula is C13H25ClN2O2. The van der Waals surface area contributed by atoms with Gasteiger partial charge in [0, 0.05) is 25.0 Å². The molecule has 2 heterocycles. The van der Waals surface area contributed by atoms with E-state index in [0.29, 0.717) is 11.9 Å². The highest BCUT2D eigenvalue weighted by Gasteiger charge is 2.32. The maximum atomic E-state index is 12.4. The number of rotatable bonds is 1. The van der Waals surface area contributed by atoms with Crippen molar-refractivity contribution >= 4 is 18.3 Å². The van der Waals surface area contributed by atoms with Crippen LogP contribution in [0.4, 0.5) is 0 Å². The van der Waals surface area contributed by atoms with Gasteiger partial charge in [0.15, 0.2) is 0 Å². The lowest BCUT2D eigenvalue weighted by molar-refractivity contribution is -0.148. The van der Waals surface area contributed by atoms with Crippen LogP contribution >= 0.6 is 12.4 Å². The van der Waals surface area contributed by atoms with Gasteiger partial charge >= 0.3 is 0 Å². The summed E-state index contributed by atoms with van der Waals surface area (Å²) in [6.45, 7) is 8.71. The highest BCUT2D eigenvalue weighted by molar-refractivity contribution is 5.85. The Morgan fingerprint density at radius 2 is 1.83 bits per heavy atom. The summed E-state index contributed by atoms with van der Waals surface area (Å²) in [5.74, 6) is 0.545.